The molecule has 88 valence electrons. The first-order valence-electron chi connectivity index (χ1n) is 5.62. The Labute approximate surface area is 93.6 Å². The van der Waals surface area contributed by atoms with Gasteiger partial charge in [0.25, 0.3) is 0 Å². The van der Waals surface area contributed by atoms with E-state index in [9.17, 15) is 4.79 Å². The lowest BCUT2D eigenvalue weighted by Gasteiger charge is -2.26. The van der Waals surface area contributed by atoms with E-state index in [-0.39, 0.29) is 6.04 Å². The Bertz CT molecular complexity index is 386. The fourth-order valence-electron chi connectivity index (χ4n) is 1.84. The fraction of sp³-hybridized carbons (Fsp3) is 0.800. The van der Waals surface area contributed by atoms with Crippen LogP contribution in [0.5, 0.6) is 0 Å². The molecule has 2 rings (SSSR count). The van der Waals surface area contributed by atoms with E-state index >= 15 is 0 Å². The van der Waals surface area contributed by atoms with E-state index in [4.69, 9.17) is 5.11 Å². The zero-order chi connectivity index (χ0) is 11.7. The second kappa shape index (κ2) is 4.19. The van der Waals surface area contributed by atoms with Crippen LogP contribution in [0.3, 0.4) is 0 Å². The van der Waals surface area contributed by atoms with Crippen LogP contribution in [0.15, 0.2) is 0 Å². The van der Waals surface area contributed by atoms with E-state index in [0.29, 0.717) is 5.92 Å². The van der Waals surface area contributed by atoms with E-state index in [1.165, 1.54) is 6.42 Å². The molecule has 1 heterocycles. The second-order valence-corrected chi connectivity index (χ2v) is 4.48. The molecule has 1 aliphatic carbocycles. The quantitative estimate of drug-likeness (QED) is 0.831. The molecule has 2 atom stereocenters. The molecule has 0 spiro atoms. The lowest BCUT2D eigenvalue weighted by atomic mass is 9.84. The second-order valence-electron chi connectivity index (χ2n) is 4.48. The van der Waals surface area contributed by atoms with Gasteiger partial charge in [0, 0.05) is 5.92 Å². The van der Waals surface area contributed by atoms with Gasteiger partial charge in [0.15, 0.2) is 5.82 Å². The number of carbonyl (C=O) groups is 1. The number of aliphatic carboxylic acids is 1. The van der Waals surface area contributed by atoms with Gasteiger partial charge in [0.05, 0.1) is 12.0 Å². The summed E-state index contributed by atoms with van der Waals surface area (Å²) >= 11 is 0. The Morgan fingerprint density at radius 2 is 2.19 bits per heavy atom. The van der Waals surface area contributed by atoms with Crippen LogP contribution < -0.4 is 0 Å². The number of aromatic nitrogens is 4. The highest BCUT2D eigenvalue weighted by molar-refractivity contribution is 5.70. The molecule has 1 aromatic heterocycles. The van der Waals surface area contributed by atoms with Gasteiger partial charge in [-0.3, -0.25) is 4.79 Å². The number of hydrogen-bond acceptors (Lipinski definition) is 4. The van der Waals surface area contributed by atoms with Gasteiger partial charge in [-0.05, 0) is 37.1 Å². The molecular formula is C10H16N4O2. The van der Waals surface area contributed by atoms with Crippen molar-refractivity contribution in [2.45, 2.75) is 45.1 Å². The molecular weight excluding hydrogens is 208 g/mol. The Balaban J connectivity index is 2.19. The highest BCUT2D eigenvalue weighted by Gasteiger charge is 2.30. The number of nitrogens with zero attached hydrogens (tertiary/aromatic N) is 4. The molecule has 1 aromatic rings. The Hall–Kier alpha value is -1.46. The Morgan fingerprint density at radius 3 is 2.69 bits per heavy atom. The van der Waals surface area contributed by atoms with Crippen LogP contribution in [-0.4, -0.2) is 31.3 Å². The molecule has 0 bridgehead atoms. The van der Waals surface area contributed by atoms with Crippen molar-refractivity contribution in [3.63, 3.8) is 0 Å². The number of rotatable bonds is 4. The van der Waals surface area contributed by atoms with Gasteiger partial charge >= 0.3 is 5.97 Å². The number of tetrazole rings is 1. The summed E-state index contributed by atoms with van der Waals surface area (Å²) in [4.78, 5) is 10.9. The van der Waals surface area contributed by atoms with Crippen molar-refractivity contribution in [3.8, 4) is 0 Å². The summed E-state index contributed by atoms with van der Waals surface area (Å²) in [5, 5.41) is 20.6. The molecule has 1 aliphatic rings. The van der Waals surface area contributed by atoms with Gasteiger partial charge in [-0.2, -0.15) is 0 Å². The van der Waals surface area contributed by atoms with Crippen LogP contribution in [0.2, 0.25) is 0 Å². The average Bonchev–Trinajstić information content (AvgIpc) is 2.61. The first kappa shape index (κ1) is 11.0. The highest BCUT2D eigenvalue weighted by atomic mass is 16.4. The molecule has 1 saturated carbocycles. The van der Waals surface area contributed by atoms with Gasteiger partial charge in [-0.15, -0.1) is 5.10 Å². The van der Waals surface area contributed by atoms with E-state index in [1.807, 2.05) is 6.92 Å². The maximum atomic E-state index is 10.9. The highest BCUT2D eigenvalue weighted by Crippen LogP contribution is 2.36. The van der Waals surface area contributed by atoms with E-state index in [0.717, 1.165) is 18.7 Å². The Kier molecular flexibility index (Phi) is 2.89. The predicted octanol–water partition coefficient (Wildman–Crippen LogP) is 1.22. The van der Waals surface area contributed by atoms with Crippen LogP contribution in [0.1, 0.15) is 50.9 Å². The lowest BCUT2D eigenvalue weighted by Crippen LogP contribution is -2.26. The van der Waals surface area contributed by atoms with E-state index in [2.05, 4.69) is 15.5 Å². The predicted molar refractivity (Wildman–Crippen MR) is 55.9 cm³/mol. The molecule has 6 heteroatoms. The number of hydrogen-bond donors (Lipinski definition) is 1. The summed E-state index contributed by atoms with van der Waals surface area (Å²) in [6.07, 6.45) is 3.42. The summed E-state index contributed by atoms with van der Waals surface area (Å²) in [6.45, 7) is 3.52. The van der Waals surface area contributed by atoms with Crippen molar-refractivity contribution >= 4 is 5.97 Å². The number of carboxylic acids is 1. The third kappa shape index (κ3) is 1.79. The summed E-state index contributed by atoms with van der Waals surface area (Å²) in [5.74, 6) is -0.0461. The molecule has 0 aliphatic heterocycles. The molecule has 0 amide bonds. The normalized spacial score (nSPS) is 20.1. The maximum Gasteiger partial charge on any atom is 0.308 e. The molecule has 2 unspecified atom stereocenters. The molecule has 0 saturated heterocycles. The van der Waals surface area contributed by atoms with E-state index in [1.54, 1.807) is 11.6 Å². The molecule has 0 radical (unpaired) electrons. The van der Waals surface area contributed by atoms with Gasteiger partial charge < -0.3 is 5.11 Å². The molecule has 1 fully saturated rings. The minimum Gasteiger partial charge on any atom is -0.481 e. The van der Waals surface area contributed by atoms with Crippen molar-refractivity contribution in [3.05, 3.63) is 5.82 Å². The monoisotopic (exact) mass is 224 g/mol. The van der Waals surface area contributed by atoms with Crippen molar-refractivity contribution in [1.29, 1.82) is 0 Å². The van der Waals surface area contributed by atoms with Gasteiger partial charge in [-0.25, -0.2) is 4.68 Å². The van der Waals surface area contributed by atoms with Crippen LogP contribution >= 0.6 is 0 Å². The minimum absolute atomic E-state index is 0.205. The van der Waals surface area contributed by atoms with Crippen LogP contribution in [0, 0.1) is 5.92 Å². The zero-order valence-electron chi connectivity index (χ0n) is 9.50. The SMILES string of the molecule is CC(C(=O)O)C(C)n1nnnc1C1CCC1. The fourth-order valence-corrected chi connectivity index (χ4v) is 1.84. The van der Waals surface area contributed by atoms with Crippen LogP contribution in [0.25, 0.3) is 0 Å². The summed E-state index contributed by atoms with van der Waals surface area (Å²) < 4.78 is 1.67. The molecule has 1 N–H and O–H groups in total. The molecule has 16 heavy (non-hydrogen) atoms. The summed E-state index contributed by atoms with van der Waals surface area (Å²) in [6, 6.07) is -0.205. The van der Waals surface area contributed by atoms with Gasteiger partial charge in [0.1, 0.15) is 0 Å². The van der Waals surface area contributed by atoms with Gasteiger partial charge in [-0.1, -0.05) is 6.42 Å². The van der Waals surface area contributed by atoms with Gasteiger partial charge in [0.2, 0.25) is 0 Å². The maximum absolute atomic E-state index is 10.9. The zero-order valence-corrected chi connectivity index (χ0v) is 9.50. The Morgan fingerprint density at radius 1 is 1.50 bits per heavy atom. The van der Waals surface area contributed by atoms with Crippen molar-refractivity contribution < 1.29 is 9.90 Å². The van der Waals surface area contributed by atoms with Crippen LogP contribution in [0.4, 0.5) is 0 Å². The first-order valence-corrected chi connectivity index (χ1v) is 5.62. The third-order valence-corrected chi connectivity index (χ3v) is 3.49. The number of carboxylic acid groups (broad SMARTS) is 1. The molecule has 0 aromatic carbocycles. The largest absolute Gasteiger partial charge is 0.481 e. The first-order chi connectivity index (χ1) is 7.61. The average molecular weight is 224 g/mol. The minimum atomic E-state index is -0.817. The van der Waals surface area contributed by atoms with Crippen molar-refractivity contribution in [2.24, 2.45) is 5.92 Å². The lowest BCUT2D eigenvalue weighted by molar-refractivity contribution is -0.142. The topological polar surface area (TPSA) is 80.9 Å². The summed E-state index contributed by atoms with van der Waals surface area (Å²) in [5.41, 5.74) is 0. The molecule has 6 nitrogen and oxygen atoms in total. The van der Waals surface area contributed by atoms with Crippen LogP contribution in [-0.2, 0) is 4.79 Å². The standard InChI is InChI=1S/C10H16N4O2/c1-6(10(15)16)7(2)14-9(11-12-13-14)8-4-3-5-8/h6-8H,3-5H2,1-2H3,(H,15,16). The smallest absolute Gasteiger partial charge is 0.308 e. The third-order valence-electron chi connectivity index (χ3n) is 3.49. The van der Waals surface area contributed by atoms with Crippen molar-refractivity contribution in [1.82, 2.24) is 20.2 Å². The van der Waals surface area contributed by atoms with Crippen molar-refractivity contribution in [2.75, 3.05) is 0 Å². The van der Waals surface area contributed by atoms with E-state index < -0.39 is 11.9 Å². The summed E-state index contributed by atoms with van der Waals surface area (Å²) in [7, 11) is 0.